The first-order valence-electron chi connectivity index (χ1n) is 11.0. The predicted octanol–water partition coefficient (Wildman–Crippen LogP) is 2.55. The Balaban J connectivity index is 1.51. The first kappa shape index (κ1) is 22.5. The van der Waals surface area contributed by atoms with Gasteiger partial charge >= 0.3 is 0 Å². The fraction of sp³-hybridized carbons (Fsp3) is 0.360. The predicted molar refractivity (Wildman–Crippen MR) is 128 cm³/mol. The van der Waals surface area contributed by atoms with Gasteiger partial charge in [-0.15, -0.1) is 0 Å². The van der Waals surface area contributed by atoms with Crippen molar-refractivity contribution in [3.05, 3.63) is 69.1 Å². The normalized spacial score (nSPS) is 14.5. The maximum Gasteiger partial charge on any atom is 0.259 e. The third-order valence-corrected chi connectivity index (χ3v) is 6.36. The lowest BCUT2D eigenvalue weighted by atomic mass is 9.92. The number of rotatable bonds is 3. The largest absolute Gasteiger partial charge is 0.383 e. The minimum absolute atomic E-state index is 0.141. The molecule has 1 aliphatic rings. The summed E-state index contributed by atoms with van der Waals surface area (Å²) < 4.78 is 1.83. The van der Waals surface area contributed by atoms with Gasteiger partial charge in [-0.25, -0.2) is 4.98 Å². The molecule has 1 fully saturated rings. The van der Waals surface area contributed by atoms with Crippen LogP contribution in [0, 0.1) is 6.92 Å². The molecule has 3 heterocycles. The number of carbonyl (C=O) groups is 2. The summed E-state index contributed by atoms with van der Waals surface area (Å²) in [6.45, 7) is 2.98. The molecule has 0 unspecified atom stereocenters. The summed E-state index contributed by atoms with van der Waals surface area (Å²) in [4.78, 5) is 46.1. The molecule has 0 bridgehead atoms. The molecule has 0 aliphatic carbocycles. The molecule has 33 heavy (non-hydrogen) atoms. The summed E-state index contributed by atoms with van der Waals surface area (Å²) in [5.41, 5.74) is 9.02. The van der Waals surface area contributed by atoms with Crippen LogP contribution >= 0.6 is 0 Å². The van der Waals surface area contributed by atoms with Crippen molar-refractivity contribution < 1.29 is 9.59 Å². The van der Waals surface area contributed by atoms with Crippen LogP contribution in [0.25, 0.3) is 10.9 Å². The monoisotopic (exact) mass is 447 g/mol. The standard InChI is InChI=1S/C25H29N5O3/c1-15-5-8-21-18(13-15)22(31)19(14-29(21)4)25(33)30-11-9-16(10-12-30)20-7-6-17(23(26)27-20)24(32)28(2)3/h5-8,13-14,16H,9-12H2,1-4H3,(H2,26,27). The van der Waals surface area contributed by atoms with E-state index in [4.69, 9.17) is 5.73 Å². The van der Waals surface area contributed by atoms with Gasteiger partial charge in [0.25, 0.3) is 11.8 Å². The fourth-order valence-electron chi connectivity index (χ4n) is 4.45. The van der Waals surface area contributed by atoms with E-state index in [0.717, 1.165) is 16.8 Å². The molecular weight excluding hydrogens is 418 g/mol. The summed E-state index contributed by atoms with van der Waals surface area (Å²) in [5, 5.41) is 0.560. The average molecular weight is 448 g/mol. The lowest BCUT2D eigenvalue weighted by Gasteiger charge is -2.32. The number of pyridine rings is 2. The Morgan fingerprint density at radius 1 is 1.09 bits per heavy atom. The smallest absolute Gasteiger partial charge is 0.259 e. The number of hydrogen-bond donors (Lipinski definition) is 1. The number of amides is 2. The van der Waals surface area contributed by atoms with Gasteiger partial charge in [0, 0.05) is 57.4 Å². The molecule has 2 aromatic heterocycles. The minimum atomic E-state index is -0.239. The van der Waals surface area contributed by atoms with E-state index < -0.39 is 0 Å². The van der Waals surface area contributed by atoms with Crippen LogP contribution in [0.3, 0.4) is 0 Å². The fourth-order valence-corrected chi connectivity index (χ4v) is 4.45. The van der Waals surface area contributed by atoms with E-state index >= 15 is 0 Å². The highest BCUT2D eigenvalue weighted by atomic mass is 16.2. The van der Waals surface area contributed by atoms with Crippen molar-refractivity contribution in [2.24, 2.45) is 7.05 Å². The molecule has 1 saturated heterocycles. The third-order valence-electron chi connectivity index (χ3n) is 6.36. The number of nitrogens with two attached hydrogens (primary N) is 1. The zero-order valence-electron chi connectivity index (χ0n) is 19.5. The Morgan fingerprint density at radius 3 is 2.42 bits per heavy atom. The highest BCUT2D eigenvalue weighted by Gasteiger charge is 2.28. The number of piperidine rings is 1. The molecule has 2 N–H and O–H groups in total. The Labute approximate surface area is 192 Å². The van der Waals surface area contributed by atoms with Gasteiger partial charge in [-0.05, 0) is 44.0 Å². The Kier molecular flexibility index (Phi) is 5.93. The number of likely N-dealkylation sites (tertiary alicyclic amines) is 1. The molecular formula is C25H29N5O3. The van der Waals surface area contributed by atoms with Crippen LogP contribution in [0.2, 0.25) is 0 Å². The summed E-state index contributed by atoms with van der Waals surface area (Å²) in [5.74, 6) is -0.0578. The van der Waals surface area contributed by atoms with Gasteiger partial charge < -0.3 is 20.1 Å². The first-order chi connectivity index (χ1) is 15.7. The first-order valence-corrected chi connectivity index (χ1v) is 11.0. The van der Waals surface area contributed by atoms with Crippen molar-refractivity contribution in [1.29, 1.82) is 0 Å². The molecule has 0 atom stereocenters. The number of aryl methyl sites for hydroxylation is 2. The SMILES string of the molecule is Cc1ccc2c(c1)c(=O)c(C(=O)N1CCC(c3ccc(C(=O)N(C)C)c(N)n3)CC1)cn2C. The van der Waals surface area contributed by atoms with E-state index in [0.29, 0.717) is 36.9 Å². The second-order valence-corrected chi connectivity index (χ2v) is 8.94. The van der Waals surface area contributed by atoms with Gasteiger partial charge in [0.1, 0.15) is 11.4 Å². The van der Waals surface area contributed by atoms with Crippen LogP contribution in [0.4, 0.5) is 5.82 Å². The number of hydrogen-bond acceptors (Lipinski definition) is 5. The molecule has 0 radical (unpaired) electrons. The van der Waals surface area contributed by atoms with Crippen molar-refractivity contribution in [2.45, 2.75) is 25.7 Å². The van der Waals surface area contributed by atoms with Crippen molar-refractivity contribution in [2.75, 3.05) is 32.9 Å². The van der Waals surface area contributed by atoms with E-state index in [-0.39, 0.29) is 34.5 Å². The lowest BCUT2D eigenvalue weighted by Crippen LogP contribution is -2.40. The Bertz CT molecular complexity index is 1300. The number of fused-ring (bicyclic) bond motifs is 1. The van der Waals surface area contributed by atoms with Crippen LogP contribution in [0.15, 0.2) is 41.3 Å². The molecule has 2 amide bonds. The number of benzene rings is 1. The topological polar surface area (TPSA) is 102 Å². The lowest BCUT2D eigenvalue weighted by molar-refractivity contribution is 0.0709. The quantitative estimate of drug-likeness (QED) is 0.665. The molecule has 1 aliphatic heterocycles. The van der Waals surface area contributed by atoms with E-state index in [1.54, 1.807) is 31.3 Å². The molecule has 172 valence electrons. The molecule has 1 aromatic carbocycles. The number of carbonyl (C=O) groups excluding carboxylic acids is 2. The van der Waals surface area contributed by atoms with Crippen LogP contribution in [-0.2, 0) is 7.05 Å². The van der Waals surface area contributed by atoms with E-state index in [2.05, 4.69) is 4.98 Å². The number of nitrogen functional groups attached to an aromatic ring is 1. The Hall–Kier alpha value is -3.68. The summed E-state index contributed by atoms with van der Waals surface area (Å²) in [6.07, 6.45) is 3.06. The van der Waals surface area contributed by atoms with Crippen LogP contribution in [0.1, 0.15) is 50.7 Å². The van der Waals surface area contributed by atoms with Gasteiger partial charge in [-0.1, -0.05) is 11.6 Å². The summed E-state index contributed by atoms with van der Waals surface area (Å²) in [7, 11) is 5.19. The van der Waals surface area contributed by atoms with Gasteiger partial charge in [0.15, 0.2) is 0 Å². The van der Waals surface area contributed by atoms with Crippen molar-refractivity contribution in [1.82, 2.24) is 19.4 Å². The van der Waals surface area contributed by atoms with Crippen molar-refractivity contribution in [3.63, 3.8) is 0 Å². The highest BCUT2D eigenvalue weighted by Crippen LogP contribution is 2.29. The molecule has 4 rings (SSSR count). The number of nitrogens with zero attached hydrogens (tertiary/aromatic N) is 4. The van der Waals surface area contributed by atoms with Crippen molar-refractivity contribution >= 4 is 28.5 Å². The van der Waals surface area contributed by atoms with Crippen LogP contribution in [0.5, 0.6) is 0 Å². The van der Waals surface area contributed by atoms with E-state index in [9.17, 15) is 14.4 Å². The molecule has 8 nitrogen and oxygen atoms in total. The molecule has 3 aromatic rings. The average Bonchev–Trinajstić information content (AvgIpc) is 2.80. The molecule has 0 spiro atoms. The summed E-state index contributed by atoms with van der Waals surface area (Å²) >= 11 is 0. The zero-order valence-corrected chi connectivity index (χ0v) is 19.5. The molecule has 0 saturated carbocycles. The van der Waals surface area contributed by atoms with Gasteiger partial charge in [0.05, 0.1) is 11.1 Å². The van der Waals surface area contributed by atoms with E-state index in [1.165, 1.54) is 4.90 Å². The van der Waals surface area contributed by atoms with Crippen LogP contribution < -0.4 is 11.2 Å². The minimum Gasteiger partial charge on any atom is -0.383 e. The maximum atomic E-state index is 13.2. The highest BCUT2D eigenvalue weighted by molar-refractivity contribution is 5.98. The third kappa shape index (κ3) is 4.20. The second-order valence-electron chi connectivity index (χ2n) is 8.94. The van der Waals surface area contributed by atoms with Crippen molar-refractivity contribution in [3.8, 4) is 0 Å². The Morgan fingerprint density at radius 2 is 1.79 bits per heavy atom. The number of anilines is 1. The number of aromatic nitrogens is 2. The van der Waals surface area contributed by atoms with Gasteiger partial charge in [-0.2, -0.15) is 0 Å². The van der Waals surface area contributed by atoms with Gasteiger partial charge in [0.2, 0.25) is 5.43 Å². The van der Waals surface area contributed by atoms with Crippen LogP contribution in [-0.4, -0.2) is 58.4 Å². The maximum absolute atomic E-state index is 13.2. The zero-order chi connectivity index (χ0) is 23.9. The second kappa shape index (κ2) is 8.69. The molecule has 8 heteroatoms. The van der Waals surface area contributed by atoms with E-state index in [1.807, 2.05) is 42.8 Å². The summed E-state index contributed by atoms with van der Waals surface area (Å²) in [6, 6.07) is 9.26. The van der Waals surface area contributed by atoms with Gasteiger partial charge in [-0.3, -0.25) is 14.4 Å².